The van der Waals surface area contributed by atoms with Crippen molar-refractivity contribution >= 4 is 11.7 Å². The van der Waals surface area contributed by atoms with Gasteiger partial charge in [-0.2, -0.15) is 0 Å². The SMILES string of the molecule is CC(=O)CC1CCCCC(CC(=O)N2CCN(C(c3ccccc3)c3ccccc3)C[C@@H]2C(C)C)C[C@H]1C. The molecular formula is C34H48N2O2. The number of ketones is 1. The van der Waals surface area contributed by atoms with Crippen LogP contribution in [-0.4, -0.2) is 47.2 Å². The lowest BCUT2D eigenvalue weighted by Gasteiger charge is -2.46. The third-order valence-electron chi connectivity index (χ3n) is 9.10. The maximum atomic E-state index is 13.8. The molecular weight excluding hydrogens is 468 g/mol. The number of benzene rings is 2. The summed E-state index contributed by atoms with van der Waals surface area (Å²) in [6.07, 6.45) is 7.07. The molecule has 0 radical (unpaired) electrons. The van der Waals surface area contributed by atoms with Gasteiger partial charge in [0.1, 0.15) is 5.78 Å². The maximum absolute atomic E-state index is 13.8. The zero-order valence-corrected chi connectivity index (χ0v) is 24.0. The van der Waals surface area contributed by atoms with Crippen molar-refractivity contribution in [1.82, 2.24) is 9.80 Å². The molecule has 0 N–H and O–H groups in total. The number of rotatable bonds is 8. The van der Waals surface area contributed by atoms with Crippen molar-refractivity contribution < 1.29 is 9.59 Å². The fourth-order valence-corrected chi connectivity index (χ4v) is 7.01. The zero-order chi connectivity index (χ0) is 27.1. The normalized spacial score (nSPS) is 25.3. The summed E-state index contributed by atoms with van der Waals surface area (Å²) >= 11 is 0. The highest BCUT2D eigenvalue weighted by molar-refractivity contribution is 5.77. The van der Waals surface area contributed by atoms with Crippen LogP contribution in [0.1, 0.15) is 89.8 Å². The fourth-order valence-electron chi connectivity index (χ4n) is 7.01. The van der Waals surface area contributed by atoms with Crippen molar-refractivity contribution in [3.8, 4) is 0 Å². The fraction of sp³-hybridized carbons (Fsp3) is 0.588. The van der Waals surface area contributed by atoms with Crippen molar-refractivity contribution in [1.29, 1.82) is 0 Å². The Balaban J connectivity index is 1.46. The topological polar surface area (TPSA) is 40.6 Å². The molecule has 1 amide bonds. The minimum Gasteiger partial charge on any atom is -0.337 e. The first-order valence-electron chi connectivity index (χ1n) is 15.0. The van der Waals surface area contributed by atoms with Crippen LogP contribution < -0.4 is 0 Å². The van der Waals surface area contributed by atoms with Gasteiger partial charge in [-0.15, -0.1) is 0 Å². The van der Waals surface area contributed by atoms with Gasteiger partial charge in [-0.1, -0.05) is 94.3 Å². The molecule has 2 unspecified atom stereocenters. The van der Waals surface area contributed by atoms with E-state index in [2.05, 4.69) is 91.2 Å². The smallest absolute Gasteiger partial charge is 0.223 e. The second-order valence-corrected chi connectivity index (χ2v) is 12.4. The Morgan fingerprint density at radius 2 is 1.47 bits per heavy atom. The van der Waals surface area contributed by atoms with Crippen LogP contribution in [0.15, 0.2) is 60.7 Å². The van der Waals surface area contributed by atoms with Crippen molar-refractivity contribution in [3.05, 3.63) is 71.8 Å². The lowest BCUT2D eigenvalue weighted by molar-refractivity contribution is -0.139. The number of carbonyl (C=O) groups excluding carboxylic acids is 2. The van der Waals surface area contributed by atoms with Crippen LogP contribution in [0.25, 0.3) is 0 Å². The van der Waals surface area contributed by atoms with Gasteiger partial charge >= 0.3 is 0 Å². The van der Waals surface area contributed by atoms with Gasteiger partial charge in [-0.05, 0) is 61.0 Å². The van der Waals surface area contributed by atoms with Crippen LogP contribution in [0.2, 0.25) is 0 Å². The molecule has 0 spiro atoms. The molecule has 2 aromatic rings. The van der Waals surface area contributed by atoms with Crippen molar-refractivity contribution in [3.63, 3.8) is 0 Å². The Hall–Kier alpha value is -2.46. The average molecular weight is 517 g/mol. The summed E-state index contributed by atoms with van der Waals surface area (Å²) in [6.45, 7) is 11.1. The van der Waals surface area contributed by atoms with Crippen molar-refractivity contribution in [2.45, 2.75) is 84.7 Å². The van der Waals surface area contributed by atoms with E-state index in [1.807, 2.05) is 0 Å². The molecule has 0 bridgehead atoms. The van der Waals surface area contributed by atoms with Gasteiger partial charge < -0.3 is 9.69 Å². The van der Waals surface area contributed by atoms with E-state index in [1.165, 1.54) is 24.0 Å². The number of amides is 1. The van der Waals surface area contributed by atoms with Gasteiger partial charge in [-0.3, -0.25) is 9.69 Å². The Morgan fingerprint density at radius 3 is 2.05 bits per heavy atom. The third kappa shape index (κ3) is 7.34. The van der Waals surface area contributed by atoms with E-state index in [-0.39, 0.29) is 12.1 Å². The molecule has 4 atom stereocenters. The van der Waals surface area contributed by atoms with Gasteiger partial charge in [0.25, 0.3) is 0 Å². The highest BCUT2D eigenvalue weighted by Gasteiger charge is 2.37. The van der Waals surface area contributed by atoms with Gasteiger partial charge in [0.15, 0.2) is 0 Å². The molecule has 2 aromatic carbocycles. The molecule has 0 aromatic heterocycles. The molecule has 1 saturated heterocycles. The van der Waals surface area contributed by atoms with Crippen molar-refractivity contribution in [2.75, 3.05) is 19.6 Å². The summed E-state index contributed by atoms with van der Waals surface area (Å²) < 4.78 is 0. The summed E-state index contributed by atoms with van der Waals surface area (Å²) in [5.41, 5.74) is 2.62. The third-order valence-corrected chi connectivity index (χ3v) is 9.10. The number of hydrogen-bond acceptors (Lipinski definition) is 3. The lowest BCUT2D eigenvalue weighted by Crippen LogP contribution is -2.58. The Labute approximate surface area is 230 Å². The number of Topliss-reactive ketones (excluding diaryl/α,β-unsaturated/α-hetero) is 1. The Bertz CT molecular complexity index is 982. The molecule has 1 saturated carbocycles. The Kier molecular flexibility index (Phi) is 10.2. The lowest BCUT2D eigenvalue weighted by atomic mass is 9.75. The first kappa shape index (κ1) is 28.5. The van der Waals surface area contributed by atoms with Crippen molar-refractivity contribution in [2.24, 2.45) is 23.7 Å². The minimum atomic E-state index is 0.195. The average Bonchev–Trinajstić information content (AvgIpc) is 2.90. The first-order chi connectivity index (χ1) is 18.3. The number of piperazine rings is 1. The number of carbonyl (C=O) groups is 2. The van der Waals surface area contributed by atoms with Gasteiger partial charge in [0, 0.05) is 38.5 Å². The van der Waals surface area contributed by atoms with Crippen LogP contribution in [0.5, 0.6) is 0 Å². The van der Waals surface area contributed by atoms with Gasteiger partial charge in [0.05, 0.1) is 6.04 Å². The number of hydrogen-bond donors (Lipinski definition) is 0. The van der Waals surface area contributed by atoms with Crippen LogP contribution >= 0.6 is 0 Å². The molecule has 2 fully saturated rings. The first-order valence-corrected chi connectivity index (χ1v) is 15.0. The molecule has 2 aliphatic rings. The largest absolute Gasteiger partial charge is 0.337 e. The zero-order valence-electron chi connectivity index (χ0n) is 24.0. The molecule has 4 heteroatoms. The quantitative estimate of drug-likeness (QED) is 0.374. The van der Waals surface area contributed by atoms with Crippen LogP contribution in [0, 0.1) is 23.7 Å². The molecule has 1 aliphatic carbocycles. The molecule has 206 valence electrons. The highest BCUT2D eigenvalue weighted by Crippen LogP contribution is 2.36. The van der Waals surface area contributed by atoms with Gasteiger partial charge in [0.2, 0.25) is 5.91 Å². The number of nitrogens with zero attached hydrogens (tertiary/aromatic N) is 2. The summed E-state index contributed by atoms with van der Waals surface area (Å²) in [5.74, 6) is 2.44. The molecule has 4 nitrogen and oxygen atoms in total. The minimum absolute atomic E-state index is 0.195. The predicted molar refractivity (Wildman–Crippen MR) is 156 cm³/mol. The highest BCUT2D eigenvalue weighted by atomic mass is 16.2. The monoisotopic (exact) mass is 516 g/mol. The maximum Gasteiger partial charge on any atom is 0.223 e. The molecule has 1 aliphatic heterocycles. The summed E-state index contributed by atoms with van der Waals surface area (Å²) in [5, 5.41) is 0. The molecule has 1 heterocycles. The Morgan fingerprint density at radius 1 is 0.868 bits per heavy atom. The van der Waals surface area contributed by atoms with Crippen LogP contribution in [0.3, 0.4) is 0 Å². The van der Waals surface area contributed by atoms with E-state index in [4.69, 9.17) is 0 Å². The van der Waals surface area contributed by atoms with E-state index < -0.39 is 0 Å². The summed E-state index contributed by atoms with van der Waals surface area (Å²) in [7, 11) is 0. The van der Waals surface area contributed by atoms with Crippen LogP contribution in [0.4, 0.5) is 0 Å². The van der Waals surface area contributed by atoms with E-state index in [1.54, 1.807) is 6.92 Å². The van der Waals surface area contributed by atoms with E-state index in [0.717, 1.165) is 38.9 Å². The van der Waals surface area contributed by atoms with Gasteiger partial charge in [-0.25, -0.2) is 0 Å². The molecule has 38 heavy (non-hydrogen) atoms. The summed E-state index contributed by atoms with van der Waals surface area (Å²) in [6, 6.07) is 22.0. The molecule has 4 rings (SSSR count). The predicted octanol–water partition coefficient (Wildman–Crippen LogP) is 7.15. The second kappa shape index (κ2) is 13.6. The van der Waals surface area contributed by atoms with E-state index >= 15 is 0 Å². The van der Waals surface area contributed by atoms with E-state index in [0.29, 0.717) is 48.2 Å². The standard InChI is InChI=1S/C34H48N2O2/c1-25(2)32-24-35(34(29-14-7-5-8-15-29)30-16-9-6-10-17-30)19-20-36(32)33(38)23-28-13-11-12-18-31(22-27(4)37)26(3)21-28/h5-10,14-17,25-26,28,31-32,34H,11-13,18-24H2,1-4H3/t26-,28?,31?,32-/m1/s1. The van der Waals surface area contributed by atoms with Crippen LogP contribution in [-0.2, 0) is 9.59 Å². The summed E-state index contributed by atoms with van der Waals surface area (Å²) in [4.78, 5) is 30.4. The second-order valence-electron chi connectivity index (χ2n) is 12.4. The van der Waals surface area contributed by atoms with E-state index in [9.17, 15) is 9.59 Å².